The van der Waals surface area contributed by atoms with Crippen molar-refractivity contribution in [1.29, 1.82) is 5.26 Å². The number of nitriles is 1. The van der Waals surface area contributed by atoms with Crippen molar-refractivity contribution in [1.82, 2.24) is 5.32 Å². The predicted octanol–water partition coefficient (Wildman–Crippen LogP) is 3.18. The number of nitrogens with zero attached hydrogens (tertiary/aromatic N) is 1. The van der Waals surface area contributed by atoms with Gasteiger partial charge in [-0.15, -0.1) is 0 Å². The van der Waals surface area contributed by atoms with Crippen molar-refractivity contribution in [3.63, 3.8) is 0 Å². The standard InChI is InChI=1S/C16H14ClN3O/c1-19-16(21)14-8-13(6-7-15(14)17)20-10-12-5-3-2-4-11(12)9-18/h2-8,20H,10H2,1H3,(H,19,21). The highest BCUT2D eigenvalue weighted by Gasteiger charge is 2.09. The van der Waals surface area contributed by atoms with Crippen LogP contribution in [0.4, 0.5) is 5.69 Å². The minimum atomic E-state index is -0.235. The number of rotatable bonds is 4. The van der Waals surface area contributed by atoms with Crippen molar-refractivity contribution >= 4 is 23.2 Å². The topological polar surface area (TPSA) is 64.9 Å². The normalized spacial score (nSPS) is 9.76. The Morgan fingerprint density at radius 2 is 2.05 bits per heavy atom. The highest BCUT2D eigenvalue weighted by atomic mass is 35.5. The van der Waals surface area contributed by atoms with Crippen molar-refractivity contribution < 1.29 is 4.79 Å². The fraction of sp³-hybridized carbons (Fsp3) is 0.125. The van der Waals surface area contributed by atoms with Gasteiger partial charge in [0.2, 0.25) is 0 Å². The first kappa shape index (κ1) is 14.9. The Bertz CT molecular complexity index is 707. The molecule has 0 fully saturated rings. The molecular formula is C16H14ClN3O. The zero-order valence-electron chi connectivity index (χ0n) is 11.5. The fourth-order valence-corrected chi connectivity index (χ4v) is 2.13. The van der Waals surface area contributed by atoms with Crippen LogP contribution in [0.25, 0.3) is 0 Å². The Labute approximate surface area is 128 Å². The molecule has 21 heavy (non-hydrogen) atoms. The lowest BCUT2D eigenvalue weighted by atomic mass is 10.1. The number of hydrogen-bond donors (Lipinski definition) is 2. The first-order valence-electron chi connectivity index (χ1n) is 6.39. The number of amides is 1. The maximum atomic E-state index is 11.7. The van der Waals surface area contributed by atoms with Gasteiger partial charge in [0.05, 0.1) is 22.2 Å². The molecule has 4 nitrogen and oxygen atoms in total. The van der Waals surface area contributed by atoms with E-state index < -0.39 is 0 Å². The lowest BCUT2D eigenvalue weighted by Gasteiger charge is -2.10. The van der Waals surface area contributed by atoms with Crippen LogP contribution in [0.3, 0.4) is 0 Å². The molecule has 0 spiro atoms. The van der Waals surface area contributed by atoms with Gasteiger partial charge >= 0.3 is 0 Å². The van der Waals surface area contributed by atoms with Gasteiger partial charge in [-0.2, -0.15) is 5.26 Å². The predicted molar refractivity (Wildman–Crippen MR) is 83.3 cm³/mol. The highest BCUT2D eigenvalue weighted by Crippen LogP contribution is 2.21. The smallest absolute Gasteiger partial charge is 0.252 e. The maximum Gasteiger partial charge on any atom is 0.252 e. The molecule has 0 atom stereocenters. The molecule has 0 unspecified atom stereocenters. The Kier molecular flexibility index (Phi) is 4.81. The molecule has 2 N–H and O–H groups in total. The van der Waals surface area contributed by atoms with Crippen LogP contribution in [0.1, 0.15) is 21.5 Å². The van der Waals surface area contributed by atoms with Crippen LogP contribution in [-0.4, -0.2) is 13.0 Å². The first-order chi connectivity index (χ1) is 10.2. The minimum Gasteiger partial charge on any atom is -0.381 e. The van der Waals surface area contributed by atoms with Crippen LogP contribution >= 0.6 is 11.6 Å². The second kappa shape index (κ2) is 6.78. The summed E-state index contributed by atoms with van der Waals surface area (Å²) in [7, 11) is 1.56. The Morgan fingerprint density at radius 3 is 2.76 bits per heavy atom. The second-order valence-corrected chi connectivity index (χ2v) is 4.80. The summed E-state index contributed by atoms with van der Waals surface area (Å²) >= 11 is 6.00. The fourth-order valence-electron chi connectivity index (χ4n) is 1.92. The summed E-state index contributed by atoms with van der Waals surface area (Å²) in [5.74, 6) is -0.235. The molecule has 0 heterocycles. The van der Waals surface area contributed by atoms with Crippen LogP contribution < -0.4 is 10.6 Å². The monoisotopic (exact) mass is 299 g/mol. The number of benzene rings is 2. The van der Waals surface area contributed by atoms with E-state index in [4.69, 9.17) is 16.9 Å². The number of halogens is 1. The van der Waals surface area contributed by atoms with E-state index in [-0.39, 0.29) is 5.91 Å². The van der Waals surface area contributed by atoms with Crippen molar-refractivity contribution in [2.45, 2.75) is 6.54 Å². The number of carbonyl (C=O) groups is 1. The largest absolute Gasteiger partial charge is 0.381 e. The van der Waals surface area contributed by atoms with E-state index in [1.807, 2.05) is 18.2 Å². The summed E-state index contributed by atoms with van der Waals surface area (Å²) in [6, 6.07) is 14.7. The molecule has 1 amide bonds. The van der Waals surface area contributed by atoms with Crippen LogP contribution in [0, 0.1) is 11.3 Å². The average Bonchev–Trinajstić information content (AvgIpc) is 2.53. The van der Waals surface area contributed by atoms with Gasteiger partial charge < -0.3 is 10.6 Å². The van der Waals surface area contributed by atoms with Crippen LogP contribution in [0.5, 0.6) is 0 Å². The summed E-state index contributed by atoms with van der Waals surface area (Å²) in [6.45, 7) is 0.499. The van der Waals surface area contributed by atoms with Gasteiger partial charge in [0.15, 0.2) is 0 Å². The maximum absolute atomic E-state index is 11.7. The van der Waals surface area contributed by atoms with E-state index in [0.29, 0.717) is 22.7 Å². The second-order valence-electron chi connectivity index (χ2n) is 4.40. The van der Waals surface area contributed by atoms with Gasteiger partial charge in [0, 0.05) is 19.3 Å². The summed E-state index contributed by atoms with van der Waals surface area (Å²) < 4.78 is 0. The number of hydrogen-bond acceptors (Lipinski definition) is 3. The summed E-state index contributed by atoms with van der Waals surface area (Å²) in [6.07, 6.45) is 0. The molecular weight excluding hydrogens is 286 g/mol. The molecule has 0 bridgehead atoms. The highest BCUT2D eigenvalue weighted by molar-refractivity contribution is 6.34. The molecule has 0 aliphatic carbocycles. The van der Waals surface area contributed by atoms with E-state index in [2.05, 4.69) is 16.7 Å². The van der Waals surface area contributed by atoms with Gasteiger partial charge in [-0.1, -0.05) is 29.8 Å². The Balaban J connectivity index is 2.17. The molecule has 0 saturated carbocycles. The zero-order chi connectivity index (χ0) is 15.2. The van der Waals surface area contributed by atoms with Gasteiger partial charge in [0.25, 0.3) is 5.91 Å². The molecule has 2 rings (SSSR count). The zero-order valence-corrected chi connectivity index (χ0v) is 12.2. The van der Waals surface area contributed by atoms with Crippen molar-refractivity contribution in [3.8, 4) is 6.07 Å². The molecule has 0 aromatic heterocycles. The Morgan fingerprint density at radius 1 is 1.29 bits per heavy atom. The van der Waals surface area contributed by atoms with E-state index >= 15 is 0 Å². The van der Waals surface area contributed by atoms with E-state index in [0.717, 1.165) is 11.3 Å². The van der Waals surface area contributed by atoms with E-state index in [1.54, 1.807) is 31.3 Å². The third-order valence-electron chi connectivity index (χ3n) is 3.06. The van der Waals surface area contributed by atoms with Crippen LogP contribution in [-0.2, 0) is 6.54 Å². The number of anilines is 1. The van der Waals surface area contributed by atoms with Gasteiger partial charge in [0.1, 0.15) is 0 Å². The number of nitrogens with one attached hydrogen (secondary N) is 2. The molecule has 106 valence electrons. The van der Waals surface area contributed by atoms with Crippen LogP contribution in [0.15, 0.2) is 42.5 Å². The first-order valence-corrected chi connectivity index (χ1v) is 6.77. The third kappa shape index (κ3) is 3.53. The number of carbonyl (C=O) groups excluding carboxylic acids is 1. The van der Waals surface area contributed by atoms with E-state index in [1.165, 1.54) is 0 Å². The Hall–Kier alpha value is -2.51. The summed E-state index contributed by atoms with van der Waals surface area (Å²) in [5.41, 5.74) is 2.71. The summed E-state index contributed by atoms with van der Waals surface area (Å²) in [4.78, 5) is 11.7. The molecule has 0 aliphatic rings. The third-order valence-corrected chi connectivity index (χ3v) is 3.39. The molecule has 2 aromatic carbocycles. The van der Waals surface area contributed by atoms with Crippen molar-refractivity contribution in [2.24, 2.45) is 0 Å². The summed E-state index contributed by atoms with van der Waals surface area (Å²) in [5, 5.41) is 15.2. The lowest BCUT2D eigenvalue weighted by Crippen LogP contribution is -2.18. The van der Waals surface area contributed by atoms with Crippen molar-refractivity contribution in [2.75, 3.05) is 12.4 Å². The molecule has 5 heteroatoms. The van der Waals surface area contributed by atoms with Gasteiger partial charge in [-0.3, -0.25) is 4.79 Å². The molecule has 0 radical (unpaired) electrons. The van der Waals surface area contributed by atoms with E-state index in [9.17, 15) is 4.79 Å². The van der Waals surface area contributed by atoms with Gasteiger partial charge in [-0.25, -0.2) is 0 Å². The molecule has 0 saturated heterocycles. The van der Waals surface area contributed by atoms with Crippen LogP contribution in [0.2, 0.25) is 5.02 Å². The minimum absolute atomic E-state index is 0.235. The van der Waals surface area contributed by atoms with Gasteiger partial charge in [-0.05, 0) is 29.8 Å². The SMILES string of the molecule is CNC(=O)c1cc(NCc2ccccc2C#N)ccc1Cl. The molecule has 2 aromatic rings. The quantitative estimate of drug-likeness (QED) is 0.911. The average molecular weight is 300 g/mol. The lowest BCUT2D eigenvalue weighted by molar-refractivity contribution is 0.0963. The van der Waals surface area contributed by atoms with Crippen molar-refractivity contribution in [3.05, 3.63) is 64.2 Å². The molecule has 0 aliphatic heterocycles.